The third kappa shape index (κ3) is 1.04. The van der Waals surface area contributed by atoms with Crippen LogP contribution >= 0.6 is 11.6 Å². The number of benzene rings is 1. The van der Waals surface area contributed by atoms with Gasteiger partial charge in [-0.25, -0.2) is 0 Å². The van der Waals surface area contributed by atoms with E-state index < -0.39 is 0 Å². The molecule has 1 aromatic carbocycles. The quantitative estimate of drug-likeness (QED) is 0.620. The van der Waals surface area contributed by atoms with Gasteiger partial charge in [0.15, 0.2) is 0 Å². The van der Waals surface area contributed by atoms with Crippen molar-refractivity contribution < 1.29 is 0 Å². The third-order valence-corrected chi connectivity index (χ3v) is 2.11. The molecule has 0 spiro atoms. The Hall–Kier alpha value is -1.15. The first-order chi connectivity index (χ1) is 5.79. The smallest absolute Gasteiger partial charge is 0.0947 e. The molecule has 3 heteroatoms. The van der Waals surface area contributed by atoms with Crippen LogP contribution in [-0.2, 0) is 0 Å². The zero-order valence-corrected chi connectivity index (χ0v) is 7.34. The summed E-state index contributed by atoms with van der Waals surface area (Å²) in [6.45, 7) is 2.01. The molecule has 0 N–H and O–H groups in total. The predicted molar refractivity (Wildman–Crippen MR) is 49.3 cm³/mol. The molecule has 1 heterocycles. The molecular formula is C9H7ClN2. The maximum Gasteiger partial charge on any atom is 0.0947 e. The van der Waals surface area contributed by atoms with Gasteiger partial charge in [0, 0.05) is 5.39 Å². The van der Waals surface area contributed by atoms with Crippen LogP contribution in [0.25, 0.3) is 10.9 Å². The van der Waals surface area contributed by atoms with Crippen LogP contribution in [0, 0.1) is 6.92 Å². The molecule has 2 aromatic rings. The Morgan fingerprint density at radius 1 is 1.33 bits per heavy atom. The number of hydrogen-bond donors (Lipinski definition) is 0. The van der Waals surface area contributed by atoms with Gasteiger partial charge in [-0.15, -0.1) is 0 Å². The van der Waals surface area contributed by atoms with Crippen LogP contribution < -0.4 is 0 Å². The first-order valence-electron chi connectivity index (χ1n) is 3.65. The van der Waals surface area contributed by atoms with Crippen molar-refractivity contribution in [2.24, 2.45) is 0 Å². The first kappa shape index (κ1) is 7.50. The molecule has 0 aliphatic heterocycles. The average molecular weight is 179 g/mol. The molecule has 0 radical (unpaired) electrons. The summed E-state index contributed by atoms with van der Waals surface area (Å²) in [5, 5.41) is 9.40. The molecule has 0 fully saturated rings. The lowest BCUT2D eigenvalue weighted by Gasteiger charge is -2.00. The van der Waals surface area contributed by atoms with Crippen LogP contribution in [0.15, 0.2) is 24.4 Å². The van der Waals surface area contributed by atoms with Gasteiger partial charge in [0.2, 0.25) is 0 Å². The fourth-order valence-electron chi connectivity index (χ4n) is 1.25. The maximum absolute atomic E-state index is 5.96. The summed E-state index contributed by atoms with van der Waals surface area (Å²) in [4.78, 5) is 0. The number of hydrogen-bond acceptors (Lipinski definition) is 2. The zero-order chi connectivity index (χ0) is 8.55. The van der Waals surface area contributed by atoms with Crippen LogP contribution in [0.4, 0.5) is 0 Å². The van der Waals surface area contributed by atoms with E-state index in [9.17, 15) is 0 Å². The van der Waals surface area contributed by atoms with Crippen molar-refractivity contribution >= 4 is 22.5 Å². The molecule has 0 saturated heterocycles. The van der Waals surface area contributed by atoms with Crippen LogP contribution in [0.2, 0.25) is 5.02 Å². The molecular weight excluding hydrogens is 172 g/mol. The summed E-state index contributed by atoms with van der Waals surface area (Å²) < 4.78 is 0. The molecule has 60 valence electrons. The van der Waals surface area contributed by atoms with E-state index in [2.05, 4.69) is 10.2 Å². The Morgan fingerprint density at radius 2 is 2.17 bits per heavy atom. The van der Waals surface area contributed by atoms with E-state index in [4.69, 9.17) is 11.6 Å². The van der Waals surface area contributed by atoms with E-state index in [1.807, 2.05) is 25.1 Å². The zero-order valence-electron chi connectivity index (χ0n) is 6.58. The molecule has 0 aliphatic carbocycles. The van der Waals surface area contributed by atoms with E-state index in [0.717, 1.165) is 16.5 Å². The lowest BCUT2D eigenvalue weighted by molar-refractivity contribution is 1.07. The lowest BCUT2D eigenvalue weighted by Crippen LogP contribution is -1.85. The summed E-state index contributed by atoms with van der Waals surface area (Å²) >= 11 is 5.96. The fraction of sp³-hybridized carbons (Fsp3) is 0.111. The Bertz CT molecular complexity index is 389. The normalized spacial score (nSPS) is 10.5. The van der Waals surface area contributed by atoms with Crippen LogP contribution in [0.5, 0.6) is 0 Å². The molecule has 0 saturated carbocycles. The molecule has 0 atom stereocenters. The van der Waals surface area contributed by atoms with E-state index in [1.165, 1.54) is 0 Å². The predicted octanol–water partition coefficient (Wildman–Crippen LogP) is 2.59. The number of halogens is 1. The number of aryl methyl sites for hydroxylation is 1. The summed E-state index contributed by atoms with van der Waals surface area (Å²) in [6.07, 6.45) is 1.57. The second-order valence-electron chi connectivity index (χ2n) is 2.66. The van der Waals surface area contributed by atoms with E-state index in [-0.39, 0.29) is 0 Å². The van der Waals surface area contributed by atoms with Crippen molar-refractivity contribution in [3.05, 3.63) is 35.0 Å². The van der Waals surface area contributed by atoms with E-state index in [0.29, 0.717) is 5.02 Å². The van der Waals surface area contributed by atoms with Crippen molar-refractivity contribution in [2.45, 2.75) is 6.92 Å². The van der Waals surface area contributed by atoms with Crippen LogP contribution in [0.3, 0.4) is 0 Å². The molecule has 2 rings (SSSR count). The lowest BCUT2D eigenvalue weighted by atomic mass is 10.1. The number of fused-ring (bicyclic) bond motifs is 1. The van der Waals surface area contributed by atoms with Gasteiger partial charge in [0.05, 0.1) is 16.7 Å². The van der Waals surface area contributed by atoms with Crippen molar-refractivity contribution in [2.75, 3.05) is 0 Å². The van der Waals surface area contributed by atoms with Gasteiger partial charge in [0.25, 0.3) is 0 Å². The van der Waals surface area contributed by atoms with Crippen molar-refractivity contribution in [1.82, 2.24) is 10.2 Å². The highest BCUT2D eigenvalue weighted by Gasteiger charge is 2.01. The molecule has 12 heavy (non-hydrogen) atoms. The van der Waals surface area contributed by atoms with Crippen molar-refractivity contribution in [3.8, 4) is 0 Å². The van der Waals surface area contributed by atoms with Crippen molar-refractivity contribution in [1.29, 1.82) is 0 Å². The van der Waals surface area contributed by atoms with E-state index in [1.54, 1.807) is 6.20 Å². The second-order valence-corrected chi connectivity index (χ2v) is 3.07. The van der Waals surface area contributed by atoms with E-state index >= 15 is 0 Å². The highest BCUT2D eigenvalue weighted by molar-refractivity contribution is 6.35. The highest BCUT2D eigenvalue weighted by Crippen LogP contribution is 2.23. The second kappa shape index (κ2) is 2.72. The SMILES string of the molecule is Cc1cccc2nncc(Cl)c12. The van der Waals surface area contributed by atoms with Gasteiger partial charge in [-0.1, -0.05) is 23.7 Å². The molecule has 0 bridgehead atoms. The monoisotopic (exact) mass is 178 g/mol. The minimum Gasteiger partial charge on any atom is -0.157 e. The minimum atomic E-state index is 0.665. The number of aromatic nitrogens is 2. The van der Waals surface area contributed by atoms with Crippen molar-refractivity contribution in [3.63, 3.8) is 0 Å². The summed E-state index contributed by atoms with van der Waals surface area (Å²) in [6, 6.07) is 5.86. The van der Waals surface area contributed by atoms with Gasteiger partial charge in [-0.05, 0) is 18.6 Å². The molecule has 0 amide bonds. The summed E-state index contributed by atoms with van der Waals surface area (Å²) in [5.74, 6) is 0. The Morgan fingerprint density at radius 3 is 2.92 bits per heavy atom. The Kier molecular flexibility index (Phi) is 1.70. The minimum absolute atomic E-state index is 0.665. The fourth-order valence-corrected chi connectivity index (χ4v) is 1.54. The average Bonchev–Trinajstić information content (AvgIpc) is 2.04. The van der Waals surface area contributed by atoms with Crippen LogP contribution in [-0.4, -0.2) is 10.2 Å². The van der Waals surface area contributed by atoms with Gasteiger partial charge in [0.1, 0.15) is 0 Å². The summed E-state index contributed by atoms with van der Waals surface area (Å²) in [7, 11) is 0. The highest BCUT2D eigenvalue weighted by atomic mass is 35.5. The van der Waals surface area contributed by atoms with Crippen LogP contribution in [0.1, 0.15) is 5.56 Å². The Labute approximate surface area is 75.2 Å². The molecule has 0 aliphatic rings. The molecule has 1 aromatic heterocycles. The topological polar surface area (TPSA) is 25.8 Å². The maximum atomic E-state index is 5.96. The van der Waals surface area contributed by atoms with Gasteiger partial charge >= 0.3 is 0 Å². The van der Waals surface area contributed by atoms with Gasteiger partial charge < -0.3 is 0 Å². The summed E-state index contributed by atoms with van der Waals surface area (Å²) in [5.41, 5.74) is 1.98. The number of nitrogens with zero attached hydrogens (tertiary/aromatic N) is 2. The molecule has 0 unspecified atom stereocenters. The first-order valence-corrected chi connectivity index (χ1v) is 4.03. The molecule has 2 nitrogen and oxygen atoms in total. The van der Waals surface area contributed by atoms with Gasteiger partial charge in [-0.2, -0.15) is 10.2 Å². The largest absolute Gasteiger partial charge is 0.157 e. The third-order valence-electron chi connectivity index (χ3n) is 1.83. The Balaban J connectivity index is 2.96. The number of rotatable bonds is 0. The van der Waals surface area contributed by atoms with Gasteiger partial charge in [-0.3, -0.25) is 0 Å². The standard InChI is InChI=1S/C9H7ClN2/c1-6-3-2-4-8-9(6)7(10)5-11-12-8/h2-5H,1H3.